The van der Waals surface area contributed by atoms with Crippen LogP contribution >= 0.6 is 11.8 Å². The summed E-state index contributed by atoms with van der Waals surface area (Å²) in [6, 6.07) is 1.93. The van der Waals surface area contributed by atoms with E-state index in [0.29, 0.717) is 5.75 Å². The molecule has 1 aromatic rings. The van der Waals surface area contributed by atoms with Gasteiger partial charge < -0.3 is 10.4 Å². The Morgan fingerprint density at radius 1 is 1.61 bits per heavy atom. The van der Waals surface area contributed by atoms with Gasteiger partial charge in [0, 0.05) is 18.0 Å². The molecule has 1 heterocycles. The molecule has 2 N–H and O–H groups in total. The monoisotopic (exact) mass is 271 g/mol. The Balaban J connectivity index is 2.45. The normalized spacial score (nSPS) is 14.3. The van der Waals surface area contributed by atoms with Crippen LogP contribution in [-0.4, -0.2) is 44.9 Å². The molecule has 0 aliphatic carbocycles. The summed E-state index contributed by atoms with van der Waals surface area (Å²) in [5.74, 6) is 0.454. The van der Waals surface area contributed by atoms with E-state index in [2.05, 4.69) is 10.4 Å². The van der Waals surface area contributed by atoms with Gasteiger partial charge >= 0.3 is 0 Å². The maximum atomic E-state index is 11.7. The maximum Gasteiger partial charge on any atom is 0.241 e. The highest BCUT2D eigenvalue weighted by atomic mass is 32.2. The molecule has 1 unspecified atom stereocenters. The summed E-state index contributed by atoms with van der Waals surface area (Å²) < 4.78 is 1.66. The van der Waals surface area contributed by atoms with E-state index >= 15 is 0 Å². The van der Waals surface area contributed by atoms with Gasteiger partial charge in [0.05, 0.1) is 11.3 Å². The van der Waals surface area contributed by atoms with E-state index in [-0.39, 0.29) is 19.0 Å². The van der Waals surface area contributed by atoms with Crippen LogP contribution in [0.3, 0.4) is 0 Å². The van der Waals surface area contributed by atoms with Crippen LogP contribution in [0.15, 0.2) is 6.07 Å². The molecule has 0 aromatic carbocycles. The van der Waals surface area contributed by atoms with Crippen molar-refractivity contribution in [3.63, 3.8) is 0 Å². The Kier molecular flexibility index (Phi) is 5.22. The third kappa shape index (κ3) is 4.70. The third-order valence-corrected chi connectivity index (χ3v) is 3.43. The number of amides is 1. The van der Waals surface area contributed by atoms with Crippen LogP contribution in [0.2, 0.25) is 0 Å². The summed E-state index contributed by atoms with van der Waals surface area (Å²) in [6.45, 7) is 5.97. The first-order chi connectivity index (χ1) is 8.34. The van der Waals surface area contributed by atoms with Crippen LogP contribution in [-0.2, 0) is 11.3 Å². The summed E-state index contributed by atoms with van der Waals surface area (Å²) >= 11 is 1.55. The van der Waals surface area contributed by atoms with Gasteiger partial charge in [-0.2, -0.15) is 16.9 Å². The quantitative estimate of drug-likeness (QED) is 0.800. The van der Waals surface area contributed by atoms with E-state index in [9.17, 15) is 9.90 Å². The van der Waals surface area contributed by atoms with Crippen LogP contribution in [0.5, 0.6) is 0 Å². The second-order valence-electron chi connectivity index (χ2n) is 4.79. The molecule has 1 amide bonds. The van der Waals surface area contributed by atoms with E-state index in [0.717, 1.165) is 11.4 Å². The molecular formula is C12H21N3O2S. The zero-order valence-corrected chi connectivity index (χ0v) is 12.2. The summed E-state index contributed by atoms with van der Waals surface area (Å²) in [4.78, 5) is 11.7. The van der Waals surface area contributed by atoms with Crippen molar-refractivity contribution in [3.8, 4) is 0 Å². The van der Waals surface area contributed by atoms with Gasteiger partial charge in [-0.05, 0) is 33.1 Å². The van der Waals surface area contributed by atoms with Crippen molar-refractivity contribution in [1.82, 2.24) is 15.1 Å². The van der Waals surface area contributed by atoms with Gasteiger partial charge in [-0.25, -0.2) is 0 Å². The maximum absolute atomic E-state index is 11.7. The van der Waals surface area contributed by atoms with Crippen molar-refractivity contribution in [2.75, 3.05) is 18.6 Å². The van der Waals surface area contributed by atoms with Crippen LogP contribution in [0.25, 0.3) is 0 Å². The molecule has 0 bridgehead atoms. The molecule has 0 aliphatic heterocycles. The Hall–Kier alpha value is -1.01. The van der Waals surface area contributed by atoms with Crippen molar-refractivity contribution in [1.29, 1.82) is 0 Å². The van der Waals surface area contributed by atoms with Crippen LogP contribution in [0, 0.1) is 13.8 Å². The van der Waals surface area contributed by atoms with Gasteiger partial charge in [0.15, 0.2) is 0 Å². The second kappa shape index (κ2) is 6.24. The Morgan fingerprint density at radius 2 is 2.28 bits per heavy atom. The second-order valence-corrected chi connectivity index (χ2v) is 5.66. The van der Waals surface area contributed by atoms with Crippen molar-refractivity contribution in [2.45, 2.75) is 32.9 Å². The van der Waals surface area contributed by atoms with E-state index in [1.165, 1.54) is 0 Å². The molecule has 0 saturated carbocycles. The molecule has 6 heteroatoms. The molecule has 0 fully saturated rings. The Bertz CT molecular complexity index is 415. The molecule has 18 heavy (non-hydrogen) atoms. The van der Waals surface area contributed by atoms with Crippen molar-refractivity contribution in [2.24, 2.45) is 0 Å². The first kappa shape index (κ1) is 15.0. The number of aryl methyl sites for hydroxylation is 2. The fourth-order valence-corrected chi connectivity index (χ4v) is 2.40. The fraction of sp³-hybridized carbons (Fsp3) is 0.667. The SMILES string of the molecule is CSCC(C)(O)CNC(=O)Cn1nc(C)cc1C. The smallest absolute Gasteiger partial charge is 0.241 e. The van der Waals surface area contributed by atoms with Crippen LogP contribution in [0.4, 0.5) is 0 Å². The van der Waals surface area contributed by atoms with Crippen LogP contribution < -0.4 is 5.32 Å². The number of aromatic nitrogens is 2. The number of carbonyl (C=O) groups excluding carboxylic acids is 1. The van der Waals surface area contributed by atoms with Gasteiger partial charge in [-0.1, -0.05) is 0 Å². The molecule has 1 rings (SSSR count). The van der Waals surface area contributed by atoms with Gasteiger partial charge in [0.25, 0.3) is 0 Å². The van der Waals surface area contributed by atoms with Gasteiger partial charge in [-0.3, -0.25) is 9.48 Å². The third-order valence-electron chi connectivity index (χ3n) is 2.52. The molecule has 5 nitrogen and oxygen atoms in total. The molecule has 1 aromatic heterocycles. The zero-order valence-electron chi connectivity index (χ0n) is 11.4. The average Bonchev–Trinajstić information content (AvgIpc) is 2.55. The predicted molar refractivity (Wildman–Crippen MR) is 73.7 cm³/mol. The summed E-state index contributed by atoms with van der Waals surface area (Å²) in [5, 5.41) is 16.9. The fourth-order valence-electron chi connectivity index (χ4n) is 1.68. The number of nitrogens with zero attached hydrogens (tertiary/aromatic N) is 2. The number of hydrogen-bond donors (Lipinski definition) is 2. The number of hydrogen-bond acceptors (Lipinski definition) is 4. The topological polar surface area (TPSA) is 67.2 Å². The highest BCUT2D eigenvalue weighted by Crippen LogP contribution is 2.09. The molecule has 0 spiro atoms. The molecule has 0 aliphatic rings. The molecule has 1 atom stereocenters. The number of aliphatic hydroxyl groups is 1. The first-order valence-electron chi connectivity index (χ1n) is 5.83. The standard InChI is InChI=1S/C12H21N3O2S/c1-9-5-10(2)15(14-9)6-11(16)13-7-12(3,17)8-18-4/h5,17H,6-8H2,1-4H3,(H,13,16). The van der Waals surface area contributed by atoms with Gasteiger partial charge in [0.1, 0.15) is 6.54 Å². The largest absolute Gasteiger partial charge is 0.387 e. The molecular weight excluding hydrogens is 250 g/mol. The lowest BCUT2D eigenvalue weighted by atomic mass is 10.1. The van der Waals surface area contributed by atoms with Gasteiger partial charge in [0.2, 0.25) is 5.91 Å². The summed E-state index contributed by atoms with van der Waals surface area (Å²) in [6.07, 6.45) is 1.92. The van der Waals surface area contributed by atoms with E-state index in [1.807, 2.05) is 26.2 Å². The summed E-state index contributed by atoms with van der Waals surface area (Å²) in [7, 11) is 0. The van der Waals surface area contributed by atoms with Gasteiger partial charge in [-0.15, -0.1) is 0 Å². The van der Waals surface area contributed by atoms with Crippen molar-refractivity contribution in [3.05, 3.63) is 17.5 Å². The Morgan fingerprint density at radius 3 is 2.78 bits per heavy atom. The average molecular weight is 271 g/mol. The number of rotatable bonds is 6. The van der Waals surface area contributed by atoms with Crippen molar-refractivity contribution >= 4 is 17.7 Å². The number of carbonyl (C=O) groups is 1. The minimum absolute atomic E-state index is 0.137. The van der Waals surface area contributed by atoms with E-state index < -0.39 is 5.60 Å². The highest BCUT2D eigenvalue weighted by Gasteiger charge is 2.20. The molecule has 0 radical (unpaired) electrons. The highest BCUT2D eigenvalue weighted by molar-refractivity contribution is 7.98. The first-order valence-corrected chi connectivity index (χ1v) is 7.22. The zero-order chi connectivity index (χ0) is 13.8. The lowest BCUT2D eigenvalue weighted by Gasteiger charge is -2.22. The molecule has 0 saturated heterocycles. The summed E-state index contributed by atoms with van der Waals surface area (Å²) in [5.41, 5.74) is 0.984. The molecule has 102 valence electrons. The number of nitrogens with one attached hydrogen (secondary N) is 1. The minimum atomic E-state index is -0.871. The lowest BCUT2D eigenvalue weighted by Crippen LogP contribution is -2.43. The Labute approximate surface area is 112 Å². The van der Waals surface area contributed by atoms with Crippen molar-refractivity contribution < 1.29 is 9.90 Å². The minimum Gasteiger partial charge on any atom is -0.387 e. The van der Waals surface area contributed by atoms with E-state index in [4.69, 9.17) is 0 Å². The van der Waals surface area contributed by atoms with Crippen LogP contribution in [0.1, 0.15) is 18.3 Å². The van der Waals surface area contributed by atoms with E-state index in [1.54, 1.807) is 23.4 Å². The number of thioether (sulfide) groups is 1. The predicted octanol–water partition coefficient (Wildman–Crippen LogP) is 0.730. The lowest BCUT2D eigenvalue weighted by molar-refractivity contribution is -0.122.